The molecule has 0 radical (unpaired) electrons. The van der Waals surface area contributed by atoms with E-state index in [0.717, 1.165) is 28.5 Å². The lowest BCUT2D eigenvalue weighted by Crippen LogP contribution is -2.50. The van der Waals surface area contributed by atoms with Crippen LogP contribution in [0.3, 0.4) is 0 Å². The van der Waals surface area contributed by atoms with Gasteiger partial charge >= 0.3 is 11.4 Å². The molecule has 0 aliphatic carbocycles. The van der Waals surface area contributed by atoms with Crippen LogP contribution in [-0.2, 0) is 40.3 Å². The van der Waals surface area contributed by atoms with Crippen LogP contribution >= 0.6 is 0 Å². The van der Waals surface area contributed by atoms with Gasteiger partial charge in [-0.05, 0) is 75.9 Å². The Hall–Kier alpha value is -9.38. The minimum Gasteiger partial charge on any atom is -0.341 e. The van der Waals surface area contributed by atoms with Crippen molar-refractivity contribution in [1.29, 1.82) is 10.5 Å². The maximum atomic E-state index is 13.9. The number of pyridine rings is 2. The van der Waals surface area contributed by atoms with Crippen LogP contribution in [0, 0.1) is 46.3 Å². The Bertz CT molecular complexity index is 3860. The smallest absolute Gasteiger partial charge is 0.332 e. The van der Waals surface area contributed by atoms with Crippen LogP contribution in [0.25, 0.3) is 22.3 Å². The van der Waals surface area contributed by atoms with E-state index in [2.05, 4.69) is 50.8 Å². The van der Waals surface area contributed by atoms with Crippen molar-refractivity contribution in [3.8, 4) is 35.8 Å². The second-order valence-corrected chi connectivity index (χ2v) is 18.0. The Balaban J connectivity index is 0.000000189. The van der Waals surface area contributed by atoms with Crippen molar-refractivity contribution in [3.05, 3.63) is 136 Å². The number of carbonyl (C=O) groups is 2. The number of aryl methyl sites for hydroxylation is 2. The second-order valence-electron chi connectivity index (χ2n) is 18.0. The predicted octanol–water partition coefficient (Wildman–Crippen LogP) is 1.66. The normalized spacial score (nSPS) is 16.2. The van der Waals surface area contributed by atoms with Gasteiger partial charge in [-0.2, -0.15) is 20.5 Å². The van der Waals surface area contributed by atoms with Crippen LogP contribution in [0.2, 0.25) is 0 Å². The number of anilines is 2. The molecule has 2 saturated heterocycles. The molecule has 0 bridgehead atoms. The third-order valence-corrected chi connectivity index (χ3v) is 13.5. The van der Waals surface area contributed by atoms with E-state index < -0.39 is 28.5 Å². The van der Waals surface area contributed by atoms with Crippen LogP contribution < -0.4 is 38.0 Å². The van der Waals surface area contributed by atoms with Crippen molar-refractivity contribution in [2.45, 2.75) is 77.8 Å². The molecule has 374 valence electrons. The molecular formula is C52H50N16O6. The van der Waals surface area contributed by atoms with Gasteiger partial charge in [-0.3, -0.25) is 61.4 Å². The summed E-state index contributed by atoms with van der Waals surface area (Å²) in [5, 5.41) is 18.9. The fraction of sp³-hybridized carbons (Fsp3) is 0.346. The van der Waals surface area contributed by atoms with Crippen molar-refractivity contribution in [2.75, 3.05) is 36.0 Å². The highest BCUT2D eigenvalue weighted by Crippen LogP contribution is 2.31. The number of nitrogens with two attached hydrogens (primary N) is 1. The van der Waals surface area contributed by atoms with E-state index in [9.17, 15) is 39.3 Å². The maximum absolute atomic E-state index is 13.9. The van der Waals surface area contributed by atoms with Crippen molar-refractivity contribution >= 4 is 46.0 Å². The molecule has 2 fully saturated rings. The lowest BCUT2D eigenvalue weighted by molar-refractivity contribution is 0.0569. The average molecular weight is 995 g/mol. The van der Waals surface area contributed by atoms with Crippen LogP contribution in [0.1, 0.15) is 82.8 Å². The zero-order valence-electron chi connectivity index (χ0n) is 41.1. The summed E-state index contributed by atoms with van der Waals surface area (Å²) in [6, 6.07) is 17.0. The molecule has 0 saturated carbocycles. The third-order valence-electron chi connectivity index (χ3n) is 13.5. The number of rotatable bonds is 9. The van der Waals surface area contributed by atoms with E-state index in [4.69, 9.17) is 10.7 Å². The predicted molar refractivity (Wildman–Crippen MR) is 273 cm³/mol. The average Bonchev–Trinajstić information content (AvgIpc) is 4.09. The number of carbonyl (C=O) groups excluding carboxylic acids is 2. The molecule has 22 heteroatoms. The number of piperidine rings is 2. The summed E-state index contributed by atoms with van der Waals surface area (Å²) in [5.74, 6) is 12.1. The number of hydrogen-bond acceptors (Lipinski definition) is 15. The Morgan fingerprint density at radius 1 is 0.622 bits per heavy atom. The fourth-order valence-electron chi connectivity index (χ4n) is 9.81. The van der Waals surface area contributed by atoms with E-state index in [1.807, 2.05) is 9.80 Å². The molecule has 2 atom stereocenters. The number of nitrogens with zero attached hydrogens (tertiary/aromatic N) is 15. The molecular weight excluding hydrogens is 945 g/mol. The molecule has 3 aliphatic rings. The molecule has 2 N–H and O–H groups in total. The van der Waals surface area contributed by atoms with Gasteiger partial charge in [0.25, 0.3) is 22.9 Å². The van der Waals surface area contributed by atoms with E-state index in [1.165, 1.54) is 33.5 Å². The topological polar surface area (TPSA) is 267 Å². The molecule has 7 aromatic rings. The molecule has 74 heavy (non-hydrogen) atoms. The Kier molecular flexibility index (Phi) is 13.9. The van der Waals surface area contributed by atoms with Crippen molar-refractivity contribution in [3.63, 3.8) is 0 Å². The zero-order chi connectivity index (χ0) is 52.4. The van der Waals surface area contributed by atoms with Gasteiger partial charge in [-0.15, -0.1) is 11.8 Å². The lowest BCUT2D eigenvalue weighted by Gasteiger charge is -2.37. The Morgan fingerprint density at radius 3 is 1.53 bits per heavy atom. The molecule has 0 unspecified atom stereocenters. The van der Waals surface area contributed by atoms with Gasteiger partial charge in [0.15, 0.2) is 22.3 Å². The standard InChI is InChI=1S/C30H26N8O4.C22H24N8O2/c1-3-4-15-36-24-25(34(2)30(42)37(28(24)41)18-23-19(16-31)9-7-13-32-23)33-29(36)35-14-8-10-20(17-35)38-26(39)21-11-5-6-12-22(21)27(38)40;1-3-4-11-29-18-19(26-21(29)28-10-6-8-16(24)13-28)27(2)22(32)30(20(18)31)14-17-15(12-23)7-5-9-25-17/h5-7,9,11-13,20H,8,10,14-15,17-18H2,1-2H3;5,7,9,16H,6,8,10-11,13-14,24H2,1-2H3/t20-;16-/m11/s1. The first kappa shape index (κ1) is 49.6. The summed E-state index contributed by atoms with van der Waals surface area (Å²) in [4.78, 5) is 103. The molecule has 9 heterocycles. The van der Waals surface area contributed by atoms with Crippen LogP contribution in [0.4, 0.5) is 11.9 Å². The fourth-order valence-corrected chi connectivity index (χ4v) is 9.81. The van der Waals surface area contributed by atoms with Gasteiger partial charge in [-0.1, -0.05) is 24.0 Å². The third kappa shape index (κ3) is 8.88. The Morgan fingerprint density at radius 2 is 1.08 bits per heavy atom. The summed E-state index contributed by atoms with van der Waals surface area (Å²) >= 11 is 0. The number of amides is 2. The monoisotopic (exact) mass is 994 g/mol. The Labute approximate surface area is 422 Å². The molecule has 22 nitrogen and oxygen atoms in total. The second kappa shape index (κ2) is 20.8. The van der Waals surface area contributed by atoms with E-state index in [1.54, 1.807) is 78.6 Å². The first-order valence-electron chi connectivity index (χ1n) is 23.9. The van der Waals surface area contributed by atoms with E-state index in [-0.39, 0.29) is 60.8 Å². The summed E-state index contributed by atoms with van der Waals surface area (Å²) in [6.45, 7) is 5.79. The molecule has 2 amide bonds. The maximum Gasteiger partial charge on any atom is 0.332 e. The SMILES string of the molecule is CC#CCn1c(N2CCC[C@@H](N)C2)nc2c1c(=O)n(Cc1ncccc1C#N)c(=O)n2C.CC#CCn1c(N2CCC[C@@H](N3C(=O)c4ccccc4C3=O)C2)nc2c1c(=O)n(Cc1ncccc1C#N)c(=O)n2C. The molecule has 10 rings (SSSR count). The van der Waals surface area contributed by atoms with Crippen molar-refractivity contribution in [2.24, 2.45) is 19.8 Å². The number of imide groups is 1. The summed E-state index contributed by atoms with van der Waals surface area (Å²) in [6.07, 6.45) is 6.20. The number of benzene rings is 1. The first-order valence-corrected chi connectivity index (χ1v) is 23.9. The highest BCUT2D eigenvalue weighted by molar-refractivity contribution is 6.21. The van der Waals surface area contributed by atoms with Gasteiger partial charge in [-0.25, -0.2) is 9.59 Å². The first-order chi connectivity index (χ1) is 35.8. The highest BCUT2D eigenvalue weighted by atomic mass is 16.2. The number of imidazole rings is 2. The van der Waals surface area contributed by atoms with Crippen LogP contribution in [0.5, 0.6) is 0 Å². The van der Waals surface area contributed by atoms with Crippen LogP contribution in [0.15, 0.2) is 80.1 Å². The van der Waals surface area contributed by atoms with Gasteiger partial charge in [0, 0.05) is 58.7 Å². The molecule has 6 aromatic heterocycles. The van der Waals surface area contributed by atoms with Crippen molar-refractivity contribution < 1.29 is 9.59 Å². The summed E-state index contributed by atoms with van der Waals surface area (Å²) in [7, 11) is 3.12. The molecule has 1 aromatic carbocycles. The lowest BCUT2D eigenvalue weighted by atomic mass is 10.0. The largest absolute Gasteiger partial charge is 0.341 e. The van der Waals surface area contributed by atoms with Gasteiger partial charge < -0.3 is 15.5 Å². The van der Waals surface area contributed by atoms with Gasteiger partial charge in [0.2, 0.25) is 11.9 Å². The quantitative estimate of drug-likeness (QED) is 0.159. The number of fused-ring (bicyclic) bond motifs is 3. The van der Waals surface area contributed by atoms with Crippen molar-refractivity contribution in [1.82, 2.24) is 52.2 Å². The summed E-state index contributed by atoms with van der Waals surface area (Å²) < 4.78 is 8.23. The zero-order valence-corrected chi connectivity index (χ0v) is 41.1. The van der Waals surface area contributed by atoms with E-state index >= 15 is 0 Å². The highest BCUT2D eigenvalue weighted by Gasteiger charge is 2.42. The number of hydrogen-bond donors (Lipinski definition) is 1. The number of aromatic nitrogens is 10. The minimum atomic E-state index is -0.595. The van der Waals surface area contributed by atoms with Crippen LogP contribution in [-0.4, -0.2) is 102 Å². The van der Waals surface area contributed by atoms with Gasteiger partial charge in [0.05, 0.1) is 65.9 Å². The number of nitriles is 2. The van der Waals surface area contributed by atoms with Gasteiger partial charge in [0.1, 0.15) is 12.1 Å². The molecule has 3 aliphatic heterocycles. The van der Waals surface area contributed by atoms with E-state index in [0.29, 0.717) is 83.6 Å². The minimum absolute atomic E-state index is 0.0170. The summed E-state index contributed by atoms with van der Waals surface area (Å²) in [5.41, 5.74) is 6.99. The molecule has 0 spiro atoms.